The molecule has 0 fully saturated rings. The molecule has 0 amide bonds. The molecule has 1 N–H and O–H groups in total. The number of nitrogens with one attached hydrogen (secondary N) is 1. The highest BCUT2D eigenvalue weighted by Gasteiger charge is 2.08. The molecule has 0 aliphatic rings. The maximum Gasteiger partial charge on any atom is 0.370 e. The number of anilines is 1. The SMILES string of the molecule is CCOC(=O)/C(Cl)=N/Nc1ccc(C(C)C)cc1. The summed E-state index contributed by atoms with van der Waals surface area (Å²) < 4.78 is 4.70. The maximum absolute atomic E-state index is 11.2. The minimum Gasteiger partial charge on any atom is -0.461 e. The van der Waals surface area contributed by atoms with Gasteiger partial charge >= 0.3 is 5.97 Å². The Morgan fingerprint density at radius 2 is 2.00 bits per heavy atom. The number of halogens is 1. The normalized spacial score (nSPS) is 11.5. The number of hydrazone groups is 1. The minimum absolute atomic E-state index is 0.218. The van der Waals surface area contributed by atoms with Gasteiger partial charge in [0.15, 0.2) is 0 Å². The highest BCUT2D eigenvalue weighted by molar-refractivity contribution is 6.82. The quantitative estimate of drug-likeness (QED) is 0.506. The molecule has 18 heavy (non-hydrogen) atoms. The molecule has 0 saturated heterocycles. The van der Waals surface area contributed by atoms with Crippen LogP contribution in [0.4, 0.5) is 5.69 Å². The Labute approximate surface area is 112 Å². The van der Waals surface area contributed by atoms with Crippen molar-refractivity contribution in [3.05, 3.63) is 29.8 Å². The molecule has 1 aromatic rings. The van der Waals surface area contributed by atoms with Crippen molar-refractivity contribution >= 4 is 28.4 Å². The van der Waals surface area contributed by atoms with Crippen LogP contribution in [0.15, 0.2) is 29.4 Å². The first-order valence-corrected chi connectivity index (χ1v) is 6.18. The number of nitrogens with zero attached hydrogens (tertiary/aromatic N) is 1. The lowest BCUT2D eigenvalue weighted by atomic mass is 10.0. The molecule has 0 spiro atoms. The van der Waals surface area contributed by atoms with Crippen molar-refractivity contribution in [3.8, 4) is 0 Å². The molecule has 0 radical (unpaired) electrons. The predicted octanol–water partition coefficient (Wildman–Crippen LogP) is 3.34. The molecule has 0 atom stereocenters. The number of ether oxygens (including phenoxy) is 1. The first-order valence-electron chi connectivity index (χ1n) is 5.80. The minimum atomic E-state index is -0.634. The standard InChI is InChI=1S/C13H17ClN2O2/c1-4-18-13(17)12(14)16-15-11-7-5-10(6-8-11)9(2)3/h5-9,15H,4H2,1-3H3/b16-12-. The van der Waals surface area contributed by atoms with Crippen molar-refractivity contribution in [2.45, 2.75) is 26.7 Å². The van der Waals surface area contributed by atoms with Crippen molar-refractivity contribution < 1.29 is 9.53 Å². The van der Waals surface area contributed by atoms with E-state index in [0.717, 1.165) is 5.69 Å². The van der Waals surface area contributed by atoms with E-state index < -0.39 is 5.97 Å². The third kappa shape index (κ3) is 4.37. The Hall–Kier alpha value is -1.55. The summed E-state index contributed by atoms with van der Waals surface area (Å²) in [5.41, 5.74) is 4.71. The first kappa shape index (κ1) is 14.5. The van der Waals surface area contributed by atoms with Crippen LogP contribution >= 0.6 is 11.6 Å². The van der Waals surface area contributed by atoms with E-state index in [2.05, 4.69) is 24.4 Å². The summed E-state index contributed by atoms with van der Waals surface area (Å²) in [4.78, 5) is 11.2. The van der Waals surface area contributed by atoms with Crippen molar-refractivity contribution in [2.75, 3.05) is 12.0 Å². The number of hydrogen-bond donors (Lipinski definition) is 1. The molecule has 0 saturated carbocycles. The van der Waals surface area contributed by atoms with Gasteiger partial charge in [0.2, 0.25) is 5.17 Å². The molecule has 5 heteroatoms. The molecule has 0 unspecified atom stereocenters. The summed E-state index contributed by atoms with van der Waals surface area (Å²) in [6, 6.07) is 7.77. The third-order valence-electron chi connectivity index (χ3n) is 2.30. The van der Waals surface area contributed by atoms with E-state index in [1.807, 2.05) is 24.3 Å². The zero-order chi connectivity index (χ0) is 13.5. The monoisotopic (exact) mass is 268 g/mol. The molecular formula is C13H17ClN2O2. The molecule has 0 aliphatic carbocycles. The van der Waals surface area contributed by atoms with Gasteiger partial charge in [-0.2, -0.15) is 5.10 Å². The molecule has 98 valence electrons. The van der Waals surface area contributed by atoms with Crippen molar-refractivity contribution in [3.63, 3.8) is 0 Å². The van der Waals surface area contributed by atoms with Gasteiger partial charge in [-0.3, -0.25) is 5.43 Å². The van der Waals surface area contributed by atoms with Gasteiger partial charge in [-0.05, 0) is 30.5 Å². The second-order valence-corrected chi connectivity index (χ2v) is 4.37. The van der Waals surface area contributed by atoms with Crippen molar-refractivity contribution in [1.29, 1.82) is 0 Å². The van der Waals surface area contributed by atoms with Crippen LogP contribution in [0.25, 0.3) is 0 Å². The van der Waals surface area contributed by atoms with Gasteiger partial charge in [-0.1, -0.05) is 37.6 Å². The van der Waals surface area contributed by atoms with E-state index in [4.69, 9.17) is 16.3 Å². The molecule has 0 aliphatic heterocycles. The van der Waals surface area contributed by atoms with Crippen LogP contribution in [0.5, 0.6) is 0 Å². The topological polar surface area (TPSA) is 50.7 Å². The summed E-state index contributed by atoms with van der Waals surface area (Å²) in [5, 5.41) is 3.53. The zero-order valence-corrected chi connectivity index (χ0v) is 11.5. The number of hydrogen-bond acceptors (Lipinski definition) is 4. The molecule has 0 heterocycles. The highest BCUT2D eigenvalue weighted by atomic mass is 35.5. The molecule has 1 rings (SSSR count). The van der Waals surface area contributed by atoms with E-state index in [1.165, 1.54) is 5.56 Å². The molecule has 0 aromatic heterocycles. The number of carbonyl (C=O) groups is 1. The maximum atomic E-state index is 11.2. The van der Waals surface area contributed by atoms with Crippen LogP contribution in [-0.4, -0.2) is 17.7 Å². The average Bonchev–Trinajstić information content (AvgIpc) is 2.36. The first-order chi connectivity index (χ1) is 8.54. The summed E-state index contributed by atoms with van der Waals surface area (Å²) in [6.07, 6.45) is 0. The van der Waals surface area contributed by atoms with Crippen LogP contribution in [-0.2, 0) is 9.53 Å². The fourth-order valence-electron chi connectivity index (χ4n) is 1.29. The Balaban J connectivity index is 2.63. The smallest absolute Gasteiger partial charge is 0.370 e. The third-order valence-corrected chi connectivity index (χ3v) is 2.54. The van der Waals surface area contributed by atoms with E-state index >= 15 is 0 Å². The molecule has 1 aromatic carbocycles. The van der Waals surface area contributed by atoms with Crippen molar-refractivity contribution in [2.24, 2.45) is 5.10 Å². The van der Waals surface area contributed by atoms with E-state index in [9.17, 15) is 4.79 Å². The van der Waals surface area contributed by atoms with Crippen molar-refractivity contribution in [1.82, 2.24) is 0 Å². The molecule has 0 bridgehead atoms. The van der Waals surface area contributed by atoms with Crippen LogP contribution in [0, 0.1) is 0 Å². The van der Waals surface area contributed by atoms with Gasteiger partial charge in [0, 0.05) is 0 Å². The summed E-state index contributed by atoms with van der Waals surface area (Å²) in [7, 11) is 0. The number of esters is 1. The Morgan fingerprint density at radius 1 is 1.39 bits per heavy atom. The lowest BCUT2D eigenvalue weighted by Gasteiger charge is -2.06. The van der Waals surface area contributed by atoms with E-state index in [-0.39, 0.29) is 11.8 Å². The second-order valence-electron chi connectivity index (χ2n) is 4.01. The predicted molar refractivity (Wildman–Crippen MR) is 74.1 cm³/mol. The fourth-order valence-corrected chi connectivity index (χ4v) is 1.39. The summed E-state index contributed by atoms with van der Waals surface area (Å²) in [5.74, 6) is -0.156. The van der Waals surface area contributed by atoms with E-state index in [0.29, 0.717) is 5.92 Å². The van der Waals surface area contributed by atoms with Gasteiger partial charge in [0.05, 0.1) is 12.3 Å². The fraction of sp³-hybridized carbons (Fsp3) is 0.385. The zero-order valence-electron chi connectivity index (χ0n) is 10.7. The summed E-state index contributed by atoms with van der Waals surface area (Å²) >= 11 is 5.65. The Bertz CT molecular complexity index is 427. The highest BCUT2D eigenvalue weighted by Crippen LogP contribution is 2.17. The molecule has 4 nitrogen and oxygen atoms in total. The van der Waals surface area contributed by atoms with Gasteiger partial charge in [-0.15, -0.1) is 0 Å². The number of benzene rings is 1. The van der Waals surface area contributed by atoms with E-state index in [1.54, 1.807) is 6.92 Å². The second kappa shape index (κ2) is 7.01. The van der Waals surface area contributed by atoms with Crippen LogP contribution in [0.3, 0.4) is 0 Å². The van der Waals surface area contributed by atoms with Crippen LogP contribution in [0.1, 0.15) is 32.3 Å². The van der Waals surface area contributed by atoms with Gasteiger partial charge in [0.25, 0.3) is 0 Å². The lowest BCUT2D eigenvalue weighted by Crippen LogP contribution is -2.13. The lowest BCUT2D eigenvalue weighted by molar-refractivity contribution is -0.134. The van der Waals surface area contributed by atoms with Crippen LogP contribution in [0.2, 0.25) is 0 Å². The average molecular weight is 269 g/mol. The Kier molecular flexibility index (Phi) is 5.65. The summed E-state index contributed by atoms with van der Waals surface area (Å²) in [6.45, 7) is 6.23. The number of carbonyl (C=O) groups excluding carboxylic acids is 1. The van der Waals surface area contributed by atoms with Crippen LogP contribution < -0.4 is 5.43 Å². The van der Waals surface area contributed by atoms with Gasteiger partial charge in [0.1, 0.15) is 0 Å². The van der Waals surface area contributed by atoms with Gasteiger partial charge < -0.3 is 4.74 Å². The van der Waals surface area contributed by atoms with Gasteiger partial charge in [-0.25, -0.2) is 4.79 Å². The largest absolute Gasteiger partial charge is 0.461 e. The number of rotatable bonds is 5. The Morgan fingerprint density at radius 3 is 2.50 bits per heavy atom. The molecular weight excluding hydrogens is 252 g/mol.